The van der Waals surface area contributed by atoms with Crippen LogP contribution in [0.15, 0.2) is 42.5 Å². The Balaban J connectivity index is 2.36. The molecule has 0 fully saturated rings. The van der Waals surface area contributed by atoms with Crippen LogP contribution in [0.1, 0.15) is 34.8 Å². The van der Waals surface area contributed by atoms with E-state index in [1.165, 1.54) is 0 Å². The number of nitrogens with one attached hydrogen (secondary N) is 1. The van der Waals surface area contributed by atoms with Gasteiger partial charge in [-0.3, -0.25) is 9.59 Å². The van der Waals surface area contributed by atoms with Crippen LogP contribution in [-0.2, 0) is 16.1 Å². The van der Waals surface area contributed by atoms with Gasteiger partial charge in [-0.2, -0.15) is 0 Å². The Labute approximate surface area is 173 Å². The van der Waals surface area contributed by atoms with Gasteiger partial charge in [-0.15, -0.1) is 0 Å². The number of nitrogens with zero attached hydrogens (tertiary/aromatic N) is 2. The molecule has 156 valence electrons. The summed E-state index contributed by atoms with van der Waals surface area (Å²) in [4.78, 5) is 28.8. The van der Waals surface area contributed by atoms with E-state index in [4.69, 9.17) is 4.74 Å². The molecule has 0 heterocycles. The molecule has 2 aromatic rings. The Morgan fingerprint density at radius 1 is 1.10 bits per heavy atom. The molecular formula is C23H31N3O3. The van der Waals surface area contributed by atoms with Crippen LogP contribution >= 0.6 is 0 Å². The van der Waals surface area contributed by atoms with Gasteiger partial charge in [0.15, 0.2) is 0 Å². The second-order valence-corrected chi connectivity index (χ2v) is 7.23. The molecule has 0 bridgehead atoms. The summed E-state index contributed by atoms with van der Waals surface area (Å²) in [5.74, 6) is -0.0842. The standard InChI is InChI=1S/C23H31N3O3/c1-6-22(27)24-20-10-11-21(25(3)4)19(15-20)16-26(12-13-29-5)23(28)18-9-7-8-17(2)14-18/h7-11,14-15H,6,12-13,16H2,1-5H3,(H,24,27). The van der Waals surface area contributed by atoms with E-state index < -0.39 is 0 Å². The van der Waals surface area contributed by atoms with E-state index in [-0.39, 0.29) is 11.8 Å². The van der Waals surface area contributed by atoms with Gasteiger partial charge in [0.25, 0.3) is 5.91 Å². The number of ether oxygens (including phenoxy) is 1. The molecular weight excluding hydrogens is 366 g/mol. The van der Waals surface area contributed by atoms with Crippen LogP contribution in [-0.4, -0.2) is 51.1 Å². The zero-order valence-corrected chi connectivity index (χ0v) is 18.0. The summed E-state index contributed by atoms with van der Waals surface area (Å²) in [6.45, 7) is 5.13. The van der Waals surface area contributed by atoms with Crippen molar-refractivity contribution in [1.82, 2.24) is 4.90 Å². The van der Waals surface area contributed by atoms with Gasteiger partial charge in [0.05, 0.1) is 6.61 Å². The zero-order valence-electron chi connectivity index (χ0n) is 18.0. The average molecular weight is 398 g/mol. The summed E-state index contributed by atoms with van der Waals surface area (Å²) in [6, 6.07) is 13.4. The highest BCUT2D eigenvalue weighted by molar-refractivity contribution is 5.94. The van der Waals surface area contributed by atoms with Crippen LogP contribution in [0.5, 0.6) is 0 Å². The first-order chi connectivity index (χ1) is 13.8. The third kappa shape index (κ3) is 6.32. The fourth-order valence-electron chi connectivity index (χ4n) is 3.10. The summed E-state index contributed by atoms with van der Waals surface area (Å²) < 4.78 is 5.23. The average Bonchev–Trinajstić information content (AvgIpc) is 2.70. The number of benzene rings is 2. The molecule has 0 aliphatic carbocycles. The van der Waals surface area contributed by atoms with Crippen molar-refractivity contribution in [3.63, 3.8) is 0 Å². The van der Waals surface area contributed by atoms with Crippen molar-refractivity contribution in [3.05, 3.63) is 59.2 Å². The lowest BCUT2D eigenvalue weighted by molar-refractivity contribution is -0.115. The van der Waals surface area contributed by atoms with Gasteiger partial charge in [-0.1, -0.05) is 24.6 Å². The summed E-state index contributed by atoms with van der Waals surface area (Å²) >= 11 is 0. The molecule has 2 amide bonds. The molecule has 0 atom stereocenters. The molecule has 0 saturated carbocycles. The topological polar surface area (TPSA) is 61.9 Å². The maximum absolute atomic E-state index is 13.2. The Morgan fingerprint density at radius 2 is 1.86 bits per heavy atom. The zero-order chi connectivity index (χ0) is 21.4. The van der Waals surface area contributed by atoms with Crippen molar-refractivity contribution in [3.8, 4) is 0 Å². The lowest BCUT2D eigenvalue weighted by Gasteiger charge is -2.26. The van der Waals surface area contributed by atoms with Crippen molar-refractivity contribution in [2.75, 3.05) is 44.6 Å². The molecule has 6 nitrogen and oxygen atoms in total. The highest BCUT2D eigenvalue weighted by Gasteiger charge is 2.19. The van der Waals surface area contributed by atoms with Gasteiger partial charge in [-0.25, -0.2) is 0 Å². The van der Waals surface area contributed by atoms with Crippen LogP contribution < -0.4 is 10.2 Å². The number of rotatable bonds is 9. The molecule has 2 aromatic carbocycles. The summed E-state index contributed by atoms with van der Waals surface area (Å²) in [5, 5.41) is 2.90. The van der Waals surface area contributed by atoms with E-state index in [0.29, 0.717) is 31.7 Å². The van der Waals surface area contributed by atoms with E-state index in [0.717, 1.165) is 22.5 Å². The van der Waals surface area contributed by atoms with Crippen LogP contribution in [0.3, 0.4) is 0 Å². The van der Waals surface area contributed by atoms with E-state index >= 15 is 0 Å². The minimum Gasteiger partial charge on any atom is -0.383 e. The van der Waals surface area contributed by atoms with E-state index in [1.807, 2.05) is 75.3 Å². The van der Waals surface area contributed by atoms with Crippen molar-refractivity contribution in [1.29, 1.82) is 0 Å². The van der Waals surface area contributed by atoms with E-state index in [2.05, 4.69) is 5.32 Å². The predicted molar refractivity (Wildman–Crippen MR) is 117 cm³/mol. The Hall–Kier alpha value is -2.86. The first kappa shape index (κ1) is 22.4. The normalized spacial score (nSPS) is 10.5. The first-order valence-corrected chi connectivity index (χ1v) is 9.80. The Bertz CT molecular complexity index is 849. The molecule has 0 aliphatic heterocycles. The highest BCUT2D eigenvalue weighted by Crippen LogP contribution is 2.25. The fraction of sp³-hybridized carbons (Fsp3) is 0.391. The van der Waals surface area contributed by atoms with Gasteiger partial charge in [0.1, 0.15) is 0 Å². The molecule has 6 heteroatoms. The minimum absolute atomic E-state index is 0.0411. The summed E-state index contributed by atoms with van der Waals surface area (Å²) in [7, 11) is 5.55. The number of anilines is 2. The Morgan fingerprint density at radius 3 is 2.48 bits per heavy atom. The molecule has 0 aromatic heterocycles. The lowest BCUT2D eigenvalue weighted by atomic mass is 10.1. The number of amides is 2. The maximum atomic E-state index is 13.2. The summed E-state index contributed by atoms with van der Waals surface area (Å²) in [5.41, 5.74) is 4.39. The van der Waals surface area contributed by atoms with Crippen molar-refractivity contribution >= 4 is 23.2 Å². The van der Waals surface area contributed by atoms with Crippen LogP contribution in [0, 0.1) is 6.92 Å². The maximum Gasteiger partial charge on any atom is 0.254 e. The minimum atomic E-state index is -0.0431. The second kappa shape index (κ2) is 10.6. The molecule has 0 aliphatic rings. The molecule has 2 rings (SSSR count). The number of hydrogen-bond donors (Lipinski definition) is 1. The molecule has 0 spiro atoms. The predicted octanol–water partition coefficient (Wildman–Crippen LogP) is 3.70. The lowest BCUT2D eigenvalue weighted by Crippen LogP contribution is -2.34. The van der Waals surface area contributed by atoms with E-state index in [1.54, 1.807) is 12.0 Å². The van der Waals surface area contributed by atoms with Crippen LogP contribution in [0.4, 0.5) is 11.4 Å². The Kier molecular flexibility index (Phi) is 8.21. The van der Waals surface area contributed by atoms with Crippen molar-refractivity contribution in [2.45, 2.75) is 26.8 Å². The van der Waals surface area contributed by atoms with Gasteiger partial charge >= 0.3 is 0 Å². The third-order valence-electron chi connectivity index (χ3n) is 4.64. The summed E-state index contributed by atoms with van der Waals surface area (Å²) in [6.07, 6.45) is 0.413. The number of carbonyl (C=O) groups is 2. The van der Waals surface area contributed by atoms with Gasteiger partial charge < -0.3 is 19.9 Å². The molecule has 0 saturated heterocycles. The monoisotopic (exact) mass is 397 g/mol. The van der Waals surface area contributed by atoms with Crippen LogP contribution in [0.25, 0.3) is 0 Å². The van der Waals surface area contributed by atoms with Crippen molar-refractivity contribution < 1.29 is 14.3 Å². The second-order valence-electron chi connectivity index (χ2n) is 7.23. The number of aryl methyl sites for hydroxylation is 1. The molecule has 29 heavy (non-hydrogen) atoms. The third-order valence-corrected chi connectivity index (χ3v) is 4.64. The first-order valence-electron chi connectivity index (χ1n) is 9.80. The smallest absolute Gasteiger partial charge is 0.254 e. The SMILES string of the molecule is CCC(=O)Nc1ccc(N(C)C)c(CN(CCOC)C(=O)c2cccc(C)c2)c1. The molecule has 1 N–H and O–H groups in total. The highest BCUT2D eigenvalue weighted by atomic mass is 16.5. The quantitative estimate of drug-likeness (QED) is 0.701. The van der Waals surface area contributed by atoms with Crippen LogP contribution in [0.2, 0.25) is 0 Å². The van der Waals surface area contributed by atoms with Gasteiger partial charge in [0, 0.05) is 57.7 Å². The number of methoxy groups -OCH3 is 1. The van der Waals surface area contributed by atoms with E-state index in [9.17, 15) is 9.59 Å². The number of carbonyl (C=O) groups excluding carboxylic acids is 2. The molecule has 0 unspecified atom stereocenters. The fourth-order valence-corrected chi connectivity index (χ4v) is 3.10. The van der Waals surface area contributed by atoms with Gasteiger partial charge in [0.2, 0.25) is 5.91 Å². The largest absolute Gasteiger partial charge is 0.383 e. The number of hydrogen-bond acceptors (Lipinski definition) is 4. The van der Waals surface area contributed by atoms with Crippen molar-refractivity contribution in [2.24, 2.45) is 0 Å². The van der Waals surface area contributed by atoms with Gasteiger partial charge in [-0.05, 0) is 42.8 Å². The molecule has 0 radical (unpaired) electrons.